The molecular formula is C40H50N4O14S4. The summed E-state index contributed by atoms with van der Waals surface area (Å²) in [6.07, 6.45) is 0. The molecule has 3 unspecified atom stereocenters. The number of carbonyl (C=O) groups is 6. The highest BCUT2D eigenvalue weighted by atomic mass is 33.1. The van der Waals surface area contributed by atoms with Gasteiger partial charge in [-0.25, -0.2) is 9.59 Å². The van der Waals surface area contributed by atoms with Crippen molar-refractivity contribution >= 4 is 92.2 Å². The van der Waals surface area contributed by atoms with E-state index in [1.165, 1.54) is 54.3 Å². The van der Waals surface area contributed by atoms with Crippen LogP contribution in [0, 0.1) is 42.4 Å². The SMILES string of the molecule is C[C@H](CSSC(COC(=O)C(C)(C)C)[C@@](C)(COC(=O)C(C)(C)C)C(=O)N1C(c2cccc([N+](=O)[O-])c2)SC[C@H]1C(=O)O)C(=O)N1C(c2cccc([N+](=O)[O-])c2)SC[C@H]1C(=O)O. The first kappa shape index (κ1) is 50.1. The number of rotatable bonds is 17. The van der Waals surface area contributed by atoms with Gasteiger partial charge in [0.05, 0.1) is 31.3 Å². The van der Waals surface area contributed by atoms with Gasteiger partial charge in [-0.2, -0.15) is 0 Å². The lowest BCUT2D eigenvalue weighted by Gasteiger charge is -2.41. The fraction of sp³-hybridized carbons (Fsp3) is 0.550. The third-order valence-corrected chi connectivity index (χ3v) is 15.8. The normalized spacial score (nSPS) is 21.0. The summed E-state index contributed by atoms with van der Waals surface area (Å²) in [6, 6.07) is 8.44. The summed E-state index contributed by atoms with van der Waals surface area (Å²) in [7, 11) is 2.12. The lowest BCUT2D eigenvalue weighted by Crippen LogP contribution is -2.55. The summed E-state index contributed by atoms with van der Waals surface area (Å²) < 4.78 is 11.6. The Bertz CT molecular complexity index is 2080. The van der Waals surface area contributed by atoms with E-state index in [1.807, 2.05) is 0 Å². The Morgan fingerprint density at radius 3 is 1.68 bits per heavy atom. The molecule has 0 radical (unpaired) electrons. The molecule has 2 aliphatic rings. The Balaban J connectivity index is 1.73. The number of non-ortho nitro benzene ring substituents is 2. The third kappa shape index (κ3) is 11.7. The largest absolute Gasteiger partial charge is 0.480 e. The molecule has 4 rings (SSSR count). The third-order valence-electron chi connectivity index (χ3n) is 10.0. The summed E-state index contributed by atoms with van der Waals surface area (Å²) >= 11 is 2.24. The van der Waals surface area contributed by atoms with E-state index in [1.54, 1.807) is 54.5 Å². The van der Waals surface area contributed by atoms with Crippen molar-refractivity contribution in [1.82, 2.24) is 9.80 Å². The molecule has 7 atom stereocenters. The quantitative estimate of drug-likeness (QED) is 0.0713. The highest BCUT2D eigenvalue weighted by molar-refractivity contribution is 8.77. The van der Waals surface area contributed by atoms with Crippen molar-refractivity contribution in [2.24, 2.45) is 22.2 Å². The second kappa shape index (κ2) is 20.3. The lowest BCUT2D eigenvalue weighted by atomic mass is 9.84. The van der Waals surface area contributed by atoms with E-state index in [-0.39, 0.29) is 34.2 Å². The molecule has 2 N–H and O–H groups in total. The minimum absolute atomic E-state index is 0.0159. The van der Waals surface area contributed by atoms with Gasteiger partial charge < -0.3 is 29.5 Å². The van der Waals surface area contributed by atoms with Crippen molar-refractivity contribution in [3.05, 3.63) is 79.9 Å². The van der Waals surface area contributed by atoms with Crippen LogP contribution in [0.3, 0.4) is 0 Å². The van der Waals surface area contributed by atoms with Crippen molar-refractivity contribution in [2.75, 3.05) is 30.5 Å². The van der Waals surface area contributed by atoms with Crippen LogP contribution in [0.5, 0.6) is 0 Å². The first-order valence-electron chi connectivity index (χ1n) is 19.2. The molecule has 22 heteroatoms. The summed E-state index contributed by atoms with van der Waals surface area (Å²) in [4.78, 5) is 105. The van der Waals surface area contributed by atoms with Crippen LogP contribution in [0.1, 0.15) is 77.3 Å². The van der Waals surface area contributed by atoms with Crippen molar-refractivity contribution < 1.29 is 58.3 Å². The number of nitrogens with zero attached hydrogens (tertiary/aromatic N) is 4. The maximum atomic E-state index is 15.2. The zero-order chi connectivity index (χ0) is 46.5. The number of carboxylic acids is 2. The number of carboxylic acid groups (broad SMARTS) is 2. The van der Waals surface area contributed by atoms with Gasteiger partial charge in [-0.15, -0.1) is 23.5 Å². The van der Waals surface area contributed by atoms with Gasteiger partial charge in [0, 0.05) is 47.4 Å². The number of nitro groups is 2. The van der Waals surface area contributed by atoms with Gasteiger partial charge >= 0.3 is 23.9 Å². The Morgan fingerprint density at radius 1 is 0.774 bits per heavy atom. The Hall–Kier alpha value is -4.54. The van der Waals surface area contributed by atoms with E-state index >= 15 is 4.79 Å². The monoisotopic (exact) mass is 938 g/mol. The molecule has 2 saturated heterocycles. The zero-order valence-corrected chi connectivity index (χ0v) is 38.6. The number of benzene rings is 2. The van der Waals surface area contributed by atoms with Crippen molar-refractivity contribution in [3.8, 4) is 0 Å². The number of ether oxygens (including phenoxy) is 2. The molecule has 0 saturated carbocycles. The van der Waals surface area contributed by atoms with Gasteiger partial charge in [0.1, 0.15) is 36.0 Å². The molecule has 2 amide bonds. The average Bonchev–Trinajstić information content (AvgIpc) is 3.86. The fourth-order valence-electron chi connectivity index (χ4n) is 6.26. The van der Waals surface area contributed by atoms with Gasteiger partial charge in [-0.1, -0.05) is 52.8 Å². The van der Waals surface area contributed by atoms with E-state index < -0.39 is 109 Å². The first-order chi connectivity index (χ1) is 28.8. The molecule has 2 aromatic rings. The van der Waals surface area contributed by atoms with Crippen molar-refractivity contribution in [3.63, 3.8) is 0 Å². The van der Waals surface area contributed by atoms with Crippen molar-refractivity contribution in [1.29, 1.82) is 0 Å². The Labute approximate surface area is 374 Å². The van der Waals surface area contributed by atoms with Crippen molar-refractivity contribution in [2.45, 2.75) is 83.5 Å². The lowest BCUT2D eigenvalue weighted by molar-refractivity contribution is -0.385. The molecule has 18 nitrogen and oxygen atoms in total. The van der Waals surface area contributed by atoms with Gasteiger partial charge in [-0.3, -0.25) is 39.4 Å². The van der Waals surface area contributed by atoms with E-state index in [4.69, 9.17) is 9.47 Å². The maximum absolute atomic E-state index is 15.2. The predicted octanol–water partition coefficient (Wildman–Crippen LogP) is 6.83. The number of hydrogen-bond donors (Lipinski definition) is 2. The van der Waals surface area contributed by atoms with Crippen LogP contribution < -0.4 is 0 Å². The minimum Gasteiger partial charge on any atom is -0.480 e. The Kier molecular flexibility index (Phi) is 16.4. The summed E-state index contributed by atoms with van der Waals surface area (Å²) in [5, 5.41) is 40.8. The van der Waals surface area contributed by atoms with Crippen LogP contribution in [0.25, 0.3) is 0 Å². The topological polar surface area (TPSA) is 254 Å². The van der Waals surface area contributed by atoms with E-state index in [0.29, 0.717) is 5.56 Å². The van der Waals surface area contributed by atoms with Gasteiger partial charge in [0.25, 0.3) is 11.4 Å². The van der Waals surface area contributed by atoms with Crippen LogP contribution in [0.15, 0.2) is 48.5 Å². The van der Waals surface area contributed by atoms with Crippen LogP contribution in [-0.2, 0) is 38.2 Å². The van der Waals surface area contributed by atoms with Gasteiger partial charge in [0.2, 0.25) is 11.8 Å². The molecule has 0 bridgehead atoms. The average molecular weight is 939 g/mol. The maximum Gasteiger partial charge on any atom is 0.327 e. The molecule has 2 aromatic carbocycles. The molecule has 2 fully saturated rings. The zero-order valence-electron chi connectivity index (χ0n) is 35.3. The number of thioether (sulfide) groups is 2. The van der Waals surface area contributed by atoms with Gasteiger partial charge in [-0.05, 0) is 59.6 Å². The Morgan fingerprint density at radius 2 is 1.23 bits per heavy atom. The minimum atomic E-state index is -1.84. The number of esters is 2. The molecule has 0 aliphatic carbocycles. The second-order valence-corrected chi connectivity index (χ2v) is 21.9. The van der Waals surface area contributed by atoms with E-state index in [9.17, 15) is 54.4 Å². The smallest absolute Gasteiger partial charge is 0.327 e. The number of hydrogen-bond acceptors (Lipinski definition) is 16. The summed E-state index contributed by atoms with van der Waals surface area (Å²) in [5.74, 6) is -6.18. The van der Waals surface area contributed by atoms with E-state index in [0.717, 1.165) is 50.0 Å². The molecule has 0 aromatic heterocycles. The molecule has 2 heterocycles. The molecule has 62 heavy (non-hydrogen) atoms. The number of aliphatic carboxylic acids is 2. The highest BCUT2D eigenvalue weighted by Crippen LogP contribution is 2.49. The molecular weight excluding hydrogens is 889 g/mol. The fourth-order valence-corrected chi connectivity index (χ4v) is 12.3. The summed E-state index contributed by atoms with van der Waals surface area (Å²) in [5.41, 5.74) is -3.70. The molecule has 2 aliphatic heterocycles. The van der Waals surface area contributed by atoms with Crippen LogP contribution in [0.4, 0.5) is 11.4 Å². The number of nitro benzene ring substituents is 2. The second-order valence-electron chi connectivity index (χ2n) is 17.1. The van der Waals surface area contributed by atoms with Crippen LogP contribution in [0.2, 0.25) is 0 Å². The standard InChI is InChI=1S/C40H50N4O14S4/c1-22(30(45)41-27(33(46)47)19-59-31(41)23-11-9-13-25(15-23)43(53)54)18-61-62-29(17-57-36(51)38(2,3)4)40(8,21-58-37(52)39(5,6)7)35(50)42-28(34(48)49)20-60-32(42)24-12-10-14-26(16-24)44(55)56/h9-16,22,27-29,31-32H,17-21H2,1-8H3,(H,46,47)(H,48,49)/t22-,27+,28+,29?,31?,32?,40-/m1/s1. The predicted molar refractivity (Wildman–Crippen MR) is 235 cm³/mol. The van der Waals surface area contributed by atoms with Crippen LogP contribution in [-0.4, -0.2) is 113 Å². The summed E-state index contributed by atoms with van der Waals surface area (Å²) in [6.45, 7) is 11.7. The van der Waals surface area contributed by atoms with E-state index in [2.05, 4.69) is 0 Å². The number of amides is 2. The van der Waals surface area contributed by atoms with Crippen LogP contribution >= 0.6 is 45.1 Å². The van der Waals surface area contributed by atoms with Gasteiger partial charge in [0.15, 0.2) is 0 Å². The highest BCUT2D eigenvalue weighted by Gasteiger charge is 2.53. The molecule has 338 valence electrons. The molecule has 0 spiro atoms. The first-order valence-corrected chi connectivity index (χ1v) is 23.7. The number of carbonyl (C=O) groups excluding carboxylic acids is 4.